The minimum atomic E-state index is -0.182. The van der Waals surface area contributed by atoms with Crippen molar-refractivity contribution in [2.24, 2.45) is 0 Å². The number of morpholine rings is 1. The van der Waals surface area contributed by atoms with Crippen LogP contribution in [0.1, 0.15) is 58.9 Å². The van der Waals surface area contributed by atoms with Crippen molar-refractivity contribution < 1.29 is 19.1 Å². The number of unbranched alkanes of at least 4 members (excludes halogenated alkanes) is 3. The number of aromatic nitrogens is 1. The maximum atomic E-state index is 13.3. The summed E-state index contributed by atoms with van der Waals surface area (Å²) < 4.78 is 11.9. The lowest BCUT2D eigenvalue weighted by molar-refractivity contribution is 0.0300. The fourth-order valence-corrected chi connectivity index (χ4v) is 7.44. The third kappa shape index (κ3) is 8.32. The molecule has 5 rings (SSSR count). The first kappa shape index (κ1) is 32.3. The summed E-state index contributed by atoms with van der Waals surface area (Å²) >= 11 is 2.93. The van der Waals surface area contributed by atoms with E-state index in [0.29, 0.717) is 48.3 Å². The third-order valence-corrected chi connectivity index (χ3v) is 10.3. The fraction of sp³-hybridized carbons (Fsp3) is 0.485. The molecule has 236 valence electrons. The van der Waals surface area contributed by atoms with Crippen molar-refractivity contribution >= 4 is 45.7 Å². The fourth-order valence-electron chi connectivity index (χ4n) is 5.50. The molecule has 2 aromatic carbocycles. The molecule has 0 unspecified atom stereocenters. The van der Waals surface area contributed by atoms with E-state index in [1.807, 2.05) is 43.3 Å². The van der Waals surface area contributed by atoms with Crippen LogP contribution in [0, 0.1) is 6.92 Å². The van der Waals surface area contributed by atoms with Crippen LogP contribution in [0.25, 0.3) is 0 Å². The highest BCUT2D eigenvalue weighted by Gasteiger charge is 2.24. The Morgan fingerprint density at radius 1 is 1.02 bits per heavy atom. The molecule has 3 aromatic rings. The van der Waals surface area contributed by atoms with Crippen molar-refractivity contribution in [3.05, 3.63) is 59.3 Å². The average molecular weight is 638 g/mol. The number of carbonyl (C=O) groups is 2. The highest BCUT2D eigenvalue weighted by molar-refractivity contribution is 8.01. The van der Waals surface area contributed by atoms with Crippen molar-refractivity contribution in [2.45, 2.75) is 48.6 Å². The number of rotatable bonds is 12. The number of nitrogens with one attached hydrogen (secondary N) is 1. The number of hydrogen-bond acceptors (Lipinski definition) is 9. The Morgan fingerprint density at radius 3 is 2.48 bits per heavy atom. The lowest BCUT2D eigenvalue weighted by atomic mass is 10.1. The van der Waals surface area contributed by atoms with Crippen molar-refractivity contribution in [1.29, 1.82) is 0 Å². The van der Waals surface area contributed by atoms with Gasteiger partial charge in [0, 0.05) is 55.4 Å². The van der Waals surface area contributed by atoms with Crippen LogP contribution in [0.4, 0.5) is 10.8 Å². The molecule has 0 bridgehead atoms. The van der Waals surface area contributed by atoms with Gasteiger partial charge in [0.2, 0.25) is 0 Å². The van der Waals surface area contributed by atoms with Gasteiger partial charge in [0.05, 0.1) is 36.3 Å². The first-order valence-corrected chi connectivity index (χ1v) is 17.2. The van der Waals surface area contributed by atoms with Gasteiger partial charge in [0.25, 0.3) is 11.8 Å². The summed E-state index contributed by atoms with van der Waals surface area (Å²) in [5, 5.41) is 3.48. The van der Waals surface area contributed by atoms with Crippen LogP contribution >= 0.6 is 23.1 Å². The van der Waals surface area contributed by atoms with Crippen molar-refractivity contribution in [1.82, 2.24) is 14.8 Å². The second kappa shape index (κ2) is 15.7. The molecule has 44 heavy (non-hydrogen) atoms. The number of benzene rings is 2. The molecular weight excluding hydrogens is 595 g/mol. The zero-order chi connectivity index (χ0) is 30.9. The van der Waals surface area contributed by atoms with Gasteiger partial charge in [0.15, 0.2) is 5.13 Å². The molecule has 2 fully saturated rings. The number of amides is 2. The van der Waals surface area contributed by atoms with Gasteiger partial charge < -0.3 is 19.3 Å². The summed E-state index contributed by atoms with van der Waals surface area (Å²) in [6.07, 6.45) is 6.96. The zero-order valence-corrected chi connectivity index (χ0v) is 27.6. The average Bonchev–Trinajstić information content (AvgIpc) is 3.50. The molecule has 0 spiro atoms. The summed E-state index contributed by atoms with van der Waals surface area (Å²) in [6.45, 7) is 11.8. The van der Waals surface area contributed by atoms with Crippen LogP contribution in [0.2, 0.25) is 0 Å². The van der Waals surface area contributed by atoms with Crippen LogP contribution in [-0.4, -0.2) is 92.7 Å². The summed E-state index contributed by atoms with van der Waals surface area (Å²) in [5.74, 6) is 0.320. The van der Waals surface area contributed by atoms with E-state index in [9.17, 15) is 9.59 Å². The smallest absolute Gasteiger partial charge is 0.257 e. The van der Waals surface area contributed by atoms with Crippen molar-refractivity contribution in [2.75, 3.05) is 76.4 Å². The molecule has 0 saturated carbocycles. The normalized spacial score (nSPS) is 15.8. The van der Waals surface area contributed by atoms with Crippen LogP contribution in [-0.2, 0) is 4.74 Å². The Bertz CT molecular complexity index is 1400. The number of aryl methyl sites for hydroxylation is 1. The maximum Gasteiger partial charge on any atom is 0.257 e. The molecule has 3 heterocycles. The number of anilines is 2. The SMILES string of the molecule is CCCCCCN1CCN(c2ccc(C(=O)Nc3ncc(Sc4cc(C(=O)N5CCOCC5)c(OC)cc4C)s3)cc2)CC1. The summed E-state index contributed by atoms with van der Waals surface area (Å²) in [4.78, 5) is 38.4. The van der Waals surface area contributed by atoms with E-state index in [4.69, 9.17) is 9.47 Å². The monoisotopic (exact) mass is 637 g/mol. The zero-order valence-electron chi connectivity index (χ0n) is 26.0. The molecule has 0 atom stereocenters. The molecule has 2 aliphatic rings. The summed E-state index contributed by atoms with van der Waals surface area (Å²) in [7, 11) is 1.58. The standard InChI is InChI=1S/C33H43N5O4S2/c1-4-5-6-7-12-36-13-15-37(16-14-36)26-10-8-25(9-11-26)31(39)35-33-34-23-30(44-33)43-29-22-27(28(41-3)21-24(29)2)32(40)38-17-19-42-20-18-38/h8-11,21-23H,4-7,12-20H2,1-3H3,(H,34,35,39). The van der Waals surface area contributed by atoms with Crippen LogP contribution < -0.4 is 15.0 Å². The van der Waals surface area contributed by atoms with Gasteiger partial charge in [-0.15, -0.1) is 0 Å². The molecule has 1 aromatic heterocycles. The third-order valence-electron chi connectivity index (χ3n) is 8.14. The number of piperazine rings is 1. The van der Waals surface area contributed by atoms with E-state index in [0.717, 1.165) is 46.5 Å². The van der Waals surface area contributed by atoms with E-state index in [1.165, 1.54) is 55.3 Å². The molecule has 2 aliphatic heterocycles. The molecular formula is C33H43N5O4S2. The van der Waals surface area contributed by atoms with Gasteiger partial charge in [-0.05, 0) is 61.9 Å². The van der Waals surface area contributed by atoms with Crippen LogP contribution in [0.5, 0.6) is 5.75 Å². The van der Waals surface area contributed by atoms with Crippen molar-refractivity contribution in [3.8, 4) is 5.75 Å². The largest absolute Gasteiger partial charge is 0.496 e. The van der Waals surface area contributed by atoms with Crippen LogP contribution in [0.3, 0.4) is 0 Å². The number of methoxy groups -OCH3 is 1. The molecule has 9 nitrogen and oxygen atoms in total. The van der Waals surface area contributed by atoms with E-state index in [1.54, 1.807) is 18.2 Å². The molecule has 0 aliphatic carbocycles. The van der Waals surface area contributed by atoms with Gasteiger partial charge in [-0.2, -0.15) is 0 Å². The number of nitrogens with zero attached hydrogens (tertiary/aromatic N) is 4. The summed E-state index contributed by atoms with van der Waals surface area (Å²) in [5.41, 5.74) is 3.29. The highest BCUT2D eigenvalue weighted by atomic mass is 32.2. The second-order valence-corrected chi connectivity index (χ2v) is 13.6. The predicted molar refractivity (Wildman–Crippen MR) is 178 cm³/mol. The Kier molecular flexibility index (Phi) is 11.5. The topological polar surface area (TPSA) is 87.2 Å². The van der Waals surface area contributed by atoms with Gasteiger partial charge in [-0.1, -0.05) is 49.3 Å². The van der Waals surface area contributed by atoms with Crippen molar-refractivity contribution in [3.63, 3.8) is 0 Å². The quantitative estimate of drug-likeness (QED) is 0.241. The van der Waals surface area contributed by atoms with E-state index >= 15 is 0 Å². The van der Waals surface area contributed by atoms with Crippen LogP contribution in [0.15, 0.2) is 51.7 Å². The number of hydrogen-bond donors (Lipinski definition) is 1. The number of ether oxygens (including phenoxy) is 2. The molecule has 1 N–H and O–H groups in total. The Morgan fingerprint density at radius 2 is 1.77 bits per heavy atom. The molecule has 11 heteroatoms. The first-order chi connectivity index (χ1) is 21.4. The van der Waals surface area contributed by atoms with Gasteiger partial charge in [0.1, 0.15) is 5.75 Å². The van der Waals surface area contributed by atoms with E-state index < -0.39 is 0 Å². The summed E-state index contributed by atoms with van der Waals surface area (Å²) in [6, 6.07) is 11.6. The molecule has 0 radical (unpaired) electrons. The van der Waals surface area contributed by atoms with E-state index in [2.05, 4.69) is 27.0 Å². The Hall–Kier alpha value is -3.12. The van der Waals surface area contributed by atoms with E-state index in [-0.39, 0.29) is 11.8 Å². The Labute approximate surface area is 268 Å². The molecule has 2 saturated heterocycles. The lowest BCUT2D eigenvalue weighted by Crippen LogP contribution is -2.46. The first-order valence-electron chi connectivity index (χ1n) is 15.5. The van der Waals surface area contributed by atoms with Gasteiger partial charge in [-0.3, -0.25) is 19.8 Å². The Balaban J connectivity index is 1.16. The minimum Gasteiger partial charge on any atom is -0.496 e. The minimum absolute atomic E-state index is 0.0599. The number of carbonyl (C=O) groups excluding carboxylic acids is 2. The predicted octanol–water partition coefficient (Wildman–Crippen LogP) is 6.04. The van der Waals surface area contributed by atoms with Gasteiger partial charge >= 0.3 is 0 Å². The highest BCUT2D eigenvalue weighted by Crippen LogP contribution is 2.38. The second-order valence-electron chi connectivity index (χ2n) is 11.2. The molecule has 2 amide bonds. The van der Waals surface area contributed by atoms with Gasteiger partial charge in [-0.25, -0.2) is 4.98 Å². The lowest BCUT2D eigenvalue weighted by Gasteiger charge is -2.36. The number of thiazole rings is 1. The maximum absolute atomic E-state index is 13.3.